The highest BCUT2D eigenvalue weighted by atomic mass is 35.5. The third kappa shape index (κ3) is 6.08. The highest BCUT2D eigenvalue weighted by Crippen LogP contribution is 2.36. The number of carbonyl (C=O) groups excluding carboxylic acids is 1. The first-order chi connectivity index (χ1) is 20.7. The van der Waals surface area contributed by atoms with E-state index < -0.39 is 22.5 Å². The van der Waals surface area contributed by atoms with Crippen molar-refractivity contribution in [3.63, 3.8) is 0 Å². The number of hydrogen-bond donors (Lipinski definition) is 0. The fourth-order valence-electron chi connectivity index (χ4n) is 4.74. The zero-order valence-electron chi connectivity index (χ0n) is 23.4. The maximum absolute atomic E-state index is 13.9. The summed E-state index contributed by atoms with van der Waals surface area (Å²) in [6, 6.07) is 18.1. The Morgan fingerprint density at radius 1 is 1.14 bits per heavy atom. The molecule has 10 nitrogen and oxygen atoms in total. The van der Waals surface area contributed by atoms with Gasteiger partial charge in [0.25, 0.3) is 11.2 Å². The van der Waals surface area contributed by atoms with Crippen LogP contribution in [-0.2, 0) is 16.1 Å². The molecule has 3 aromatic carbocycles. The summed E-state index contributed by atoms with van der Waals surface area (Å²) in [6.45, 7) is 3.69. The van der Waals surface area contributed by atoms with Gasteiger partial charge in [-0.25, -0.2) is 9.79 Å². The van der Waals surface area contributed by atoms with E-state index in [0.29, 0.717) is 21.1 Å². The maximum Gasteiger partial charge on any atom is 0.338 e. The van der Waals surface area contributed by atoms with Gasteiger partial charge in [0.05, 0.1) is 52.1 Å². The van der Waals surface area contributed by atoms with Crippen LogP contribution in [-0.4, -0.2) is 29.2 Å². The quantitative estimate of drug-likeness (QED) is 0.148. The molecule has 43 heavy (non-hydrogen) atoms. The van der Waals surface area contributed by atoms with Crippen molar-refractivity contribution in [3.05, 3.63) is 130 Å². The Hall–Kier alpha value is -4.74. The predicted molar refractivity (Wildman–Crippen MR) is 162 cm³/mol. The van der Waals surface area contributed by atoms with Crippen LogP contribution in [0.5, 0.6) is 11.5 Å². The molecule has 1 aliphatic heterocycles. The van der Waals surface area contributed by atoms with Gasteiger partial charge in [0.15, 0.2) is 16.3 Å². The maximum atomic E-state index is 13.9. The van der Waals surface area contributed by atoms with Gasteiger partial charge in [-0.2, -0.15) is 0 Å². The third-order valence-electron chi connectivity index (χ3n) is 6.74. The molecule has 0 saturated heterocycles. The Morgan fingerprint density at radius 3 is 2.51 bits per heavy atom. The second-order valence-corrected chi connectivity index (χ2v) is 10.9. The van der Waals surface area contributed by atoms with Crippen molar-refractivity contribution in [1.29, 1.82) is 0 Å². The number of ether oxygens (including phenoxy) is 3. The summed E-state index contributed by atoms with van der Waals surface area (Å²) in [5.74, 6) is -0.140. The molecular formula is C31H26ClN3O7S. The number of nitro groups is 1. The van der Waals surface area contributed by atoms with E-state index in [1.165, 1.54) is 29.9 Å². The van der Waals surface area contributed by atoms with Crippen molar-refractivity contribution in [2.75, 3.05) is 13.7 Å². The Morgan fingerprint density at radius 2 is 1.86 bits per heavy atom. The highest BCUT2D eigenvalue weighted by Gasteiger charge is 2.33. The van der Waals surface area contributed by atoms with Gasteiger partial charge in [-0.05, 0) is 49.2 Å². The average Bonchev–Trinajstić information content (AvgIpc) is 3.30. The van der Waals surface area contributed by atoms with E-state index in [0.717, 1.165) is 16.9 Å². The van der Waals surface area contributed by atoms with E-state index in [1.54, 1.807) is 38.1 Å². The lowest BCUT2D eigenvalue weighted by molar-refractivity contribution is -0.385. The van der Waals surface area contributed by atoms with Crippen LogP contribution in [0.25, 0.3) is 6.08 Å². The van der Waals surface area contributed by atoms with Crippen molar-refractivity contribution < 1.29 is 23.9 Å². The van der Waals surface area contributed by atoms with Crippen molar-refractivity contribution in [2.45, 2.75) is 26.5 Å². The van der Waals surface area contributed by atoms with E-state index in [4.69, 9.17) is 25.8 Å². The summed E-state index contributed by atoms with van der Waals surface area (Å²) in [4.78, 5) is 43.4. The number of rotatable bonds is 9. The smallest absolute Gasteiger partial charge is 0.338 e. The van der Waals surface area contributed by atoms with Gasteiger partial charge < -0.3 is 14.2 Å². The minimum atomic E-state index is -0.840. The summed E-state index contributed by atoms with van der Waals surface area (Å²) < 4.78 is 18.2. The molecular weight excluding hydrogens is 594 g/mol. The standard InChI is InChI=1S/C31H26ClN3O7S/c1-4-41-30(37)27-18(2)33-31-34(28(27)20-10-12-22(32)13-11-20)29(36)26(43-31)15-21-14-24(40-3)25(16-23(21)35(38)39)42-17-19-8-6-5-7-9-19/h5-16,28H,4,17H2,1-3H3/t28-/m0/s1. The number of halogens is 1. The molecule has 0 aliphatic carbocycles. The average molecular weight is 620 g/mol. The first-order valence-corrected chi connectivity index (χ1v) is 14.4. The topological polar surface area (TPSA) is 122 Å². The number of nitro benzene ring substituents is 1. The highest BCUT2D eigenvalue weighted by molar-refractivity contribution is 7.07. The molecule has 0 spiro atoms. The summed E-state index contributed by atoms with van der Waals surface area (Å²) in [6.07, 6.45) is 1.42. The minimum absolute atomic E-state index is 0.142. The van der Waals surface area contributed by atoms with Crippen LogP contribution in [0.4, 0.5) is 5.69 Å². The molecule has 0 radical (unpaired) electrons. The number of aromatic nitrogens is 1. The first kappa shape index (κ1) is 29.7. The van der Waals surface area contributed by atoms with Crippen molar-refractivity contribution in [1.82, 2.24) is 4.57 Å². The van der Waals surface area contributed by atoms with Gasteiger partial charge in [0, 0.05) is 5.02 Å². The fourth-order valence-corrected chi connectivity index (χ4v) is 5.90. The number of thiazole rings is 1. The Bertz CT molecular complexity index is 1920. The van der Waals surface area contributed by atoms with Crippen molar-refractivity contribution >= 4 is 40.7 Å². The second-order valence-electron chi connectivity index (χ2n) is 9.45. The van der Waals surface area contributed by atoms with Gasteiger partial charge in [-0.3, -0.25) is 19.5 Å². The number of allylic oxidation sites excluding steroid dienone is 1. The molecule has 1 atom stereocenters. The van der Waals surface area contributed by atoms with Gasteiger partial charge in [-0.1, -0.05) is 65.4 Å². The predicted octanol–water partition coefficient (Wildman–Crippen LogP) is 4.95. The fraction of sp³-hybridized carbons (Fsp3) is 0.194. The number of benzene rings is 3. The number of carbonyl (C=O) groups is 1. The van der Waals surface area contributed by atoms with Crippen molar-refractivity contribution in [3.8, 4) is 11.5 Å². The normalized spacial score (nSPS) is 14.6. The number of methoxy groups -OCH3 is 1. The van der Waals surface area contributed by atoms with Crippen LogP contribution in [0.3, 0.4) is 0 Å². The molecule has 0 bridgehead atoms. The zero-order chi connectivity index (χ0) is 30.7. The molecule has 0 saturated carbocycles. The molecule has 0 N–H and O–H groups in total. The van der Waals surface area contributed by atoms with Gasteiger partial charge in [0.2, 0.25) is 0 Å². The van der Waals surface area contributed by atoms with Crippen LogP contribution >= 0.6 is 22.9 Å². The molecule has 1 aliphatic rings. The summed E-state index contributed by atoms with van der Waals surface area (Å²) in [7, 11) is 1.43. The number of nitrogens with zero attached hydrogens (tertiary/aromatic N) is 3. The lowest BCUT2D eigenvalue weighted by atomic mass is 9.96. The van der Waals surface area contributed by atoms with Crippen LogP contribution in [0.2, 0.25) is 5.02 Å². The molecule has 0 unspecified atom stereocenters. The molecule has 4 aromatic rings. The largest absolute Gasteiger partial charge is 0.493 e. The molecule has 5 rings (SSSR count). The van der Waals surface area contributed by atoms with Crippen LogP contribution < -0.4 is 24.4 Å². The monoisotopic (exact) mass is 619 g/mol. The molecule has 0 fully saturated rings. The SMILES string of the molecule is CCOC(=O)C1=C(C)N=c2sc(=Cc3cc(OC)c(OCc4ccccc4)cc3[N+](=O)[O-])c(=O)n2[C@H]1c1ccc(Cl)cc1. The van der Waals surface area contributed by atoms with E-state index in [1.807, 2.05) is 30.3 Å². The van der Waals surface area contributed by atoms with Gasteiger partial charge in [0.1, 0.15) is 6.61 Å². The molecule has 220 valence electrons. The summed E-state index contributed by atoms with van der Waals surface area (Å²) in [5, 5.41) is 12.6. The Labute approximate surface area is 254 Å². The number of fused-ring (bicyclic) bond motifs is 1. The van der Waals surface area contributed by atoms with E-state index in [9.17, 15) is 19.7 Å². The molecule has 0 amide bonds. The first-order valence-electron chi connectivity index (χ1n) is 13.2. The third-order valence-corrected chi connectivity index (χ3v) is 7.97. The molecule has 1 aromatic heterocycles. The second kappa shape index (κ2) is 12.6. The van der Waals surface area contributed by atoms with E-state index in [-0.39, 0.29) is 46.1 Å². The number of esters is 1. The van der Waals surface area contributed by atoms with Gasteiger partial charge >= 0.3 is 5.97 Å². The lowest BCUT2D eigenvalue weighted by Crippen LogP contribution is -2.39. The van der Waals surface area contributed by atoms with Gasteiger partial charge in [-0.15, -0.1) is 0 Å². The van der Waals surface area contributed by atoms with Crippen LogP contribution in [0.15, 0.2) is 87.8 Å². The molecule has 12 heteroatoms. The Kier molecular flexibility index (Phi) is 8.74. The zero-order valence-corrected chi connectivity index (χ0v) is 25.0. The lowest BCUT2D eigenvalue weighted by Gasteiger charge is -2.24. The number of hydrogen-bond acceptors (Lipinski definition) is 9. The van der Waals surface area contributed by atoms with E-state index >= 15 is 0 Å². The Balaban J connectivity index is 1.64. The van der Waals surface area contributed by atoms with Crippen molar-refractivity contribution in [2.24, 2.45) is 4.99 Å². The summed E-state index contributed by atoms with van der Waals surface area (Å²) >= 11 is 7.17. The van der Waals surface area contributed by atoms with Crippen LogP contribution in [0.1, 0.15) is 36.6 Å². The van der Waals surface area contributed by atoms with E-state index in [2.05, 4.69) is 4.99 Å². The minimum Gasteiger partial charge on any atom is -0.493 e. The summed E-state index contributed by atoms with van der Waals surface area (Å²) in [5.41, 5.74) is 1.52. The molecule has 2 heterocycles. The van der Waals surface area contributed by atoms with Crippen LogP contribution in [0, 0.1) is 10.1 Å².